The van der Waals surface area contributed by atoms with Gasteiger partial charge in [-0.3, -0.25) is 14.4 Å². The van der Waals surface area contributed by atoms with E-state index in [9.17, 15) is 14.4 Å². The van der Waals surface area contributed by atoms with Crippen LogP contribution in [0.3, 0.4) is 0 Å². The first-order chi connectivity index (χ1) is 15.0. The lowest BCUT2D eigenvalue weighted by atomic mass is 10.2. The van der Waals surface area contributed by atoms with Crippen molar-refractivity contribution >= 4 is 45.5 Å². The van der Waals surface area contributed by atoms with E-state index in [0.717, 1.165) is 10.4 Å². The summed E-state index contributed by atoms with van der Waals surface area (Å²) in [7, 11) is 0. The van der Waals surface area contributed by atoms with Gasteiger partial charge in [0.05, 0.1) is 25.1 Å². The summed E-state index contributed by atoms with van der Waals surface area (Å²) in [4.78, 5) is 43.7. The van der Waals surface area contributed by atoms with Crippen LogP contribution in [0.15, 0.2) is 53.2 Å². The van der Waals surface area contributed by atoms with Crippen LogP contribution in [-0.4, -0.2) is 40.7 Å². The van der Waals surface area contributed by atoms with E-state index in [-0.39, 0.29) is 30.7 Å². The van der Waals surface area contributed by atoms with Gasteiger partial charge in [-0.2, -0.15) is 0 Å². The Morgan fingerprint density at radius 2 is 1.81 bits per heavy atom. The molecule has 0 aliphatic heterocycles. The highest BCUT2D eigenvalue weighted by Gasteiger charge is 2.15. The third-order valence-electron chi connectivity index (χ3n) is 4.44. The first-order valence-corrected chi connectivity index (χ1v) is 11.6. The molecule has 0 radical (unpaired) electrons. The fraction of sp³-hybridized carbons (Fsp3) is 0.273. The van der Waals surface area contributed by atoms with E-state index in [1.165, 1.54) is 22.7 Å². The minimum atomic E-state index is -0.286. The van der Waals surface area contributed by atoms with Crippen LogP contribution in [0.25, 0.3) is 0 Å². The van der Waals surface area contributed by atoms with Crippen molar-refractivity contribution in [3.8, 4) is 0 Å². The lowest BCUT2D eigenvalue weighted by Gasteiger charge is -2.21. The number of thiazole rings is 1. The first-order valence-electron chi connectivity index (χ1n) is 9.88. The van der Waals surface area contributed by atoms with E-state index < -0.39 is 0 Å². The van der Waals surface area contributed by atoms with Crippen molar-refractivity contribution < 1.29 is 14.4 Å². The summed E-state index contributed by atoms with van der Waals surface area (Å²) in [6.07, 6.45) is 0.349. The number of nitrogens with zero attached hydrogens (tertiary/aromatic N) is 2. The van der Waals surface area contributed by atoms with Gasteiger partial charge in [-0.05, 0) is 23.9 Å². The number of anilines is 1. The number of hydrogen-bond donors (Lipinski definition) is 2. The maximum atomic E-state index is 12.4. The number of nitrogens with one attached hydrogen (secondary N) is 2. The molecule has 0 bridgehead atoms. The fourth-order valence-corrected chi connectivity index (χ4v) is 4.30. The van der Waals surface area contributed by atoms with Crippen LogP contribution < -0.4 is 10.6 Å². The van der Waals surface area contributed by atoms with Crippen molar-refractivity contribution in [3.05, 3.63) is 69.4 Å². The average molecular weight is 457 g/mol. The zero-order valence-electron chi connectivity index (χ0n) is 17.2. The van der Waals surface area contributed by atoms with Gasteiger partial charge in [0.25, 0.3) is 0 Å². The topological polar surface area (TPSA) is 91.4 Å². The number of carbonyl (C=O) groups is 3. The molecule has 0 aliphatic carbocycles. The van der Waals surface area contributed by atoms with E-state index in [4.69, 9.17) is 0 Å². The van der Waals surface area contributed by atoms with E-state index in [2.05, 4.69) is 15.6 Å². The molecule has 0 aliphatic rings. The monoisotopic (exact) mass is 456 g/mol. The maximum absolute atomic E-state index is 12.4. The standard InChI is InChI=1S/C22H24N4O3S2/c1-2-26(14-16-7-4-3-5-8-16)21(29)13-23-19(27)11-17-15-31-22(24-17)25-20(28)12-18-9-6-10-30-18/h3-10,15H,2,11-14H2,1H3,(H,23,27)(H,24,25,28). The normalized spacial score (nSPS) is 10.5. The van der Waals surface area contributed by atoms with Crippen LogP contribution in [0, 0.1) is 0 Å². The van der Waals surface area contributed by atoms with Crippen LogP contribution >= 0.6 is 22.7 Å². The zero-order chi connectivity index (χ0) is 22.1. The molecule has 3 aromatic rings. The first kappa shape index (κ1) is 22.6. The van der Waals surface area contributed by atoms with Gasteiger partial charge in [-0.25, -0.2) is 4.98 Å². The average Bonchev–Trinajstić information content (AvgIpc) is 3.43. The van der Waals surface area contributed by atoms with Gasteiger partial charge >= 0.3 is 0 Å². The Hall–Kier alpha value is -3.04. The predicted octanol–water partition coefficient (Wildman–Crippen LogP) is 3.09. The second-order valence-electron chi connectivity index (χ2n) is 6.80. The highest BCUT2D eigenvalue weighted by molar-refractivity contribution is 7.14. The predicted molar refractivity (Wildman–Crippen MR) is 123 cm³/mol. The van der Waals surface area contributed by atoms with Crippen molar-refractivity contribution in [2.75, 3.05) is 18.4 Å². The van der Waals surface area contributed by atoms with Crippen LogP contribution in [0.4, 0.5) is 5.13 Å². The molecule has 3 amide bonds. The van der Waals surface area contributed by atoms with Gasteiger partial charge in [0, 0.05) is 23.3 Å². The Morgan fingerprint density at radius 3 is 2.52 bits per heavy atom. The van der Waals surface area contributed by atoms with Crippen molar-refractivity contribution in [1.82, 2.24) is 15.2 Å². The number of carbonyl (C=O) groups excluding carboxylic acids is 3. The van der Waals surface area contributed by atoms with Crippen LogP contribution in [-0.2, 0) is 33.8 Å². The Labute approximate surface area is 189 Å². The Morgan fingerprint density at radius 1 is 1.00 bits per heavy atom. The summed E-state index contributed by atoms with van der Waals surface area (Å²) in [5.41, 5.74) is 1.60. The summed E-state index contributed by atoms with van der Waals surface area (Å²) in [6.45, 7) is 2.91. The minimum absolute atomic E-state index is 0.0510. The molecule has 1 aromatic carbocycles. The lowest BCUT2D eigenvalue weighted by molar-refractivity contribution is -0.133. The zero-order valence-corrected chi connectivity index (χ0v) is 18.8. The highest BCUT2D eigenvalue weighted by Crippen LogP contribution is 2.17. The molecule has 7 nitrogen and oxygen atoms in total. The van der Waals surface area contributed by atoms with Gasteiger partial charge in [0.2, 0.25) is 17.7 Å². The lowest BCUT2D eigenvalue weighted by Crippen LogP contribution is -2.40. The Balaban J connectivity index is 1.43. The number of likely N-dealkylation sites (N-methyl/N-ethyl adjacent to an activating group) is 1. The molecule has 2 heterocycles. The number of thiophene rings is 1. The van der Waals surface area contributed by atoms with Crippen molar-refractivity contribution in [3.63, 3.8) is 0 Å². The molecule has 162 valence electrons. The Bertz CT molecular complexity index is 1000. The number of benzene rings is 1. The number of hydrogen-bond acceptors (Lipinski definition) is 6. The number of aromatic nitrogens is 1. The third-order valence-corrected chi connectivity index (χ3v) is 6.13. The van der Waals surface area contributed by atoms with Crippen molar-refractivity contribution in [2.24, 2.45) is 0 Å². The Kier molecular flexibility index (Phi) is 8.31. The van der Waals surface area contributed by atoms with Crippen LogP contribution in [0.5, 0.6) is 0 Å². The van der Waals surface area contributed by atoms with Crippen molar-refractivity contribution in [2.45, 2.75) is 26.3 Å². The quantitative estimate of drug-likeness (QED) is 0.490. The molecule has 0 saturated carbocycles. The summed E-state index contributed by atoms with van der Waals surface area (Å²) < 4.78 is 0. The molecular formula is C22H24N4O3S2. The molecule has 9 heteroatoms. The molecule has 31 heavy (non-hydrogen) atoms. The van der Waals surface area contributed by atoms with E-state index in [1.54, 1.807) is 10.3 Å². The smallest absolute Gasteiger partial charge is 0.242 e. The summed E-state index contributed by atoms with van der Waals surface area (Å²) in [5.74, 6) is -0.568. The molecule has 0 fully saturated rings. The second-order valence-corrected chi connectivity index (χ2v) is 8.69. The minimum Gasteiger partial charge on any atom is -0.347 e. The van der Waals surface area contributed by atoms with Crippen LogP contribution in [0.2, 0.25) is 0 Å². The van der Waals surface area contributed by atoms with Gasteiger partial charge in [0.15, 0.2) is 5.13 Å². The molecular weight excluding hydrogens is 432 g/mol. The largest absolute Gasteiger partial charge is 0.347 e. The van der Waals surface area contributed by atoms with Crippen LogP contribution in [0.1, 0.15) is 23.1 Å². The van der Waals surface area contributed by atoms with Crippen molar-refractivity contribution in [1.29, 1.82) is 0 Å². The summed E-state index contributed by atoms with van der Waals surface area (Å²) in [6, 6.07) is 13.5. The van der Waals surface area contributed by atoms with Gasteiger partial charge in [-0.1, -0.05) is 36.4 Å². The van der Waals surface area contributed by atoms with Gasteiger partial charge in [-0.15, -0.1) is 22.7 Å². The van der Waals surface area contributed by atoms with E-state index >= 15 is 0 Å². The number of amides is 3. The van der Waals surface area contributed by atoms with Gasteiger partial charge in [0.1, 0.15) is 0 Å². The molecule has 2 aromatic heterocycles. The second kappa shape index (κ2) is 11.4. The highest BCUT2D eigenvalue weighted by atomic mass is 32.1. The summed E-state index contributed by atoms with van der Waals surface area (Å²) in [5, 5.41) is 9.53. The summed E-state index contributed by atoms with van der Waals surface area (Å²) >= 11 is 2.80. The maximum Gasteiger partial charge on any atom is 0.242 e. The fourth-order valence-electron chi connectivity index (χ4n) is 2.87. The molecule has 3 rings (SSSR count). The molecule has 2 N–H and O–H groups in total. The molecule has 0 unspecified atom stereocenters. The molecule has 0 atom stereocenters. The number of rotatable bonds is 10. The molecule has 0 spiro atoms. The third kappa shape index (κ3) is 7.30. The van der Waals surface area contributed by atoms with Gasteiger partial charge < -0.3 is 15.5 Å². The van der Waals surface area contributed by atoms with E-state index in [0.29, 0.717) is 30.3 Å². The van der Waals surface area contributed by atoms with E-state index in [1.807, 2.05) is 54.8 Å². The SMILES string of the molecule is CCN(Cc1ccccc1)C(=O)CNC(=O)Cc1csc(NC(=O)Cc2cccs2)n1. The molecule has 0 saturated heterocycles.